The normalized spacial score (nSPS) is 12.3. The number of rotatable bonds is 10. The summed E-state index contributed by atoms with van der Waals surface area (Å²) >= 11 is -4.42. The van der Waals surface area contributed by atoms with E-state index in [-0.39, 0.29) is 0 Å². The number of hydrogen-bond donors (Lipinski definition) is 0. The van der Waals surface area contributed by atoms with Gasteiger partial charge in [0.15, 0.2) is 0 Å². The van der Waals surface area contributed by atoms with Crippen molar-refractivity contribution in [3.05, 3.63) is 24.3 Å². The maximum absolute atomic E-state index is 6.65. The van der Waals surface area contributed by atoms with Crippen LogP contribution in [-0.4, -0.2) is 27.2 Å². The van der Waals surface area contributed by atoms with Crippen LogP contribution in [0.15, 0.2) is 24.3 Å². The summed E-state index contributed by atoms with van der Waals surface area (Å²) in [5.74, 6) is 2.02. The van der Waals surface area contributed by atoms with Crippen molar-refractivity contribution >= 4 is 27.2 Å². The van der Waals surface area contributed by atoms with Crippen molar-refractivity contribution in [1.29, 1.82) is 0 Å². The van der Waals surface area contributed by atoms with Gasteiger partial charge in [0, 0.05) is 0 Å². The number of hydrogen-bond acceptors (Lipinski definition) is 2. The van der Waals surface area contributed by atoms with Crippen molar-refractivity contribution < 1.29 is 7.53 Å². The molecular formula is C18H34Ge2O2. The number of para-hydroxylation sites is 2. The van der Waals surface area contributed by atoms with Gasteiger partial charge in [0.05, 0.1) is 0 Å². The Morgan fingerprint density at radius 2 is 0.864 bits per heavy atom. The fourth-order valence-electron chi connectivity index (χ4n) is 3.02. The van der Waals surface area contributed by atoms with E-state index in [9.17, 15) is 0 Å². The average molecular weight is 428 g/mol. The van der Waals surface area contributed by atoms with Crippen LogP contribution in [0.5, 0.6) is 11.5 Å². The number of benzene rings is 1. The van der Waals surface area contributed by atoms with Gasteiger partial charge in [0.25, 0.3) is 0 Å². The maximum atomic E-state index is 6.65. The van der Waals surface area contributed by atoms with Gasteiger partial charge in [0.1, 0.15) is 0 Å². The second kappa shape index (κ2) is 9.26. The van der Waals surface area contributed by atoms with E-state index < -0.39 is 27.2 Å². The Morgan fingerprint density at radius 3 is 1.09 bits per heavy atom. The zero-order valence-electron chi connectivity index (χ0n) is 15.4. The van der Waals surface area contributed by atoms with E-state index in [1.807, 2.05) is 0 Å². The van der Waals surface area contributed by atoms with Crippen LogP contribution in [0, 0.1) is 0 Å². The summed E-state index contributed by atoms with van der Waals surface area (Å²) < 4.78 is 13.3. The van der Waals surface area contributed by atoms with Crippen LogP contribution in [0.2, 0.25) is 31.5 Å². The Bertz CT molecular complexity index is 383. The molecule has 0 saturated carbocycles. The molecule has 1 aromatic rings. The van der Waals surface area contributed by atoms with Gasteiger partial charge in [-0.2, -0.15) is 0 Å². The molecule has 4 heteroatoms. The summed E-state index contributed by atoms with van der Waals surface area (Å²) in [6.07, 6.45) is 0. The Balaban J connectivity index is 3.09. The second-order valence-electron chi connectivity index (χ2n) is 6.14. The third-order valence-corrected chi connectivity index (χ3v) is 24.3. The van der Waals surface area contributed by atoms with Crippen molar-refractivity contribution in [3.63, 3.8) is 0 Å². The van der Waals surface area contributed by atoms with Crippen LogP contribution in [0.1, 0.15) is 41.5 Å². The first-order valence-corrected chi connectivity index (χ1v) is 19.6. The van der Waals surface area contributed by atoms with E-state index in [4.69, 9.17) is 7.53 Å². The topological polar surface area (TPSA) is 18.5 Å². The van der Waals surface area contributed by atoms with Gasteiger partial charge in [-0.1, -0.05) is 0 Å². The molecule has 0 bridgehead atoms. The molecule has 1 rings (SSSR count). The quantitative estimate of drug-likeness (QED) is 0.399. The molecule has 0 amide bonds. The van der Waals surface area contributed by atoms with E-state index in [2.05, 4.69) is 65.8 Å². The molecule has 0 heterocycles. The van der Waals surface area contributed by atoms with Gasteiger partial charge >= 0.3 is 144 Å². The minimum absolute atomic E-state index is 1.01. The monoisotopic (exact) mass is 430 g/mol. The van der Waals surface area contributed by atoms with Crippen molar-refractivity contribution in [1.82, 2.24) is 0 Å². The zero-order chi connectivity index (χ0) is 16.6. The molecule has 22 heavy (non-hydrogen) atoms. The van der Waals surface area contributed by atoms with Gasteiger partial charge in [-0.05, 0) is 0 Å². The Labute approximate surface area is 143 Å². The van der Waals surface area contributed by atoms with E-state index >= 15 is 0 Å². The van der Waals surface area contributed by atoms with E-state index in [1.54, 1.807) is 0 Å². The summed E-state index contributed by atoms with van der Waals surface area (Å²) in [7, 11) is 0. The molecule has 0 radical (unpaired) electrons. The molecule has 0 fully saturated rings. The fraction of sp³-hybridized carbons (Fsp3) is 0.667. The van der Waals surface area contributed by atoms with Crippen molar-refractivity contribution in [2.75, 3.05) is 0 Å². The van der Waals surface area contributed by atoms with Crippen LogP contribution >= 0.6 is 0 Å². The van der Waals surface area contributed by atoms with Gasteiger partial charge in [-0.3, -0.25) is 0 Å². The summed E-state index contributed by atoms with van der Waals surface area (Å²) in [5, 5.41) is 7.27. The zero-order valence-corrected chi connectivity index (χ0v) is 19.6. The molecule has 0 aromatic heterocycles. The fourth-order valence-corrected chi connectivity index (χ4v) is 13.8. The van der Waals surface area contributed by atoms with Crippen LogP contribution in [0.3, 0.4) is 0 Å². The first-order valence-electron chi connectivity index (χ1n) is 9.01. The SMILES string of the molecule is C[CH2][Ge]([CH2]C)([CH2]C)[O]c1ccccc1[O][Ge]([CH2]C)([CH2]C)[CH2]C. The Morgan fingerprint density at radius 1 is 0.591 bits per heavy atom. The van der Waals surface area contributed by atoms with Crippen LogP contribution in [-0.2, 0) is 0 Å². The molecule has 0 unspecified atom stereocenters. The van der Waals surface area contributed by atoms with Crippen LogP contribution in [0.4, 0.5) is 0 Å². The predicted octanol–water partition coefficient (Wildman–Crippen LogP) is 6.45. The first-order chi connectivity index (χ1) is 10.5. The predicted molar refractivity (Wildman–Crippen MR) is 102 cm³/mol. The molecule has 126 valence electrons. The van der Waals surface area contributed by atoms with Crippen molar-refractivity contribution in [2.45, 2.75) is 73.1 Å². The standard InChI is InChI=1S/C18H34Ge2O2/c1-7-19(8-2,9-3)21-17-15-13-14-16-18(17)22-20(10-4,11-5)12-6/h13-16H,7-12H2,1-6H3. The summed E-state index contributed by atoms with van der Waals surface area (Å²) in [6, 6.07) is 8.39. The van der Waals surface area contributed by atoms with Crippen LogP contribution < -0.4 is 7.53 Å². The third-order valence-electron chi connectivity index (χ3n) is 5.37. The minimum atomic E-state index is -2.21. The summed E-state index contributed by atoms with van der Waals surface area (Å²) in [5.41, 5.74) is 0. The molecule has 2 nitrogen and oxygen atoms in total. The molecule has 0 atom stereocenters. The van der Waals surface area contributed by atoms with E-state index in [0.717, 1.165) is 11.5 Å². The molecule has 0 aliphatic heterocycles. The average Bonchev–Trinajstić information content (AvgIpc) is 2.59. The second-order valence-corrected chi connectivity index (χ2v) is 25.8. The van der Waals surface area contributed by atoms with Crippen molar-refractivity contribution in [3.8, 4) is 11.5 Å². The van der Waals surface area contributed by atoms with Gasteiger partial charge in [-0.15, -0.1) is 0 Å². The van der Waals surface area contributed by atoms with E-state index in [0.29, 0.717) is 0 Å². The molecule has 0 spiro atoms. The summed E-state index contributed by atoms with van der Waals surface area (Å²) in [4.78, 5) is 0. The van der Waals surface area contributed by atoms with Gasteiger partial charge in [0.2, 0.25) is 0 Å². The van der Waals surface area contributed by atoms with Gasteiger partial charge in [-0.25, -0.2) is 0 Å². The molecule has 0 aliphatic rings. The Hall–Kier alpha value is -0.0943. The molecule has 0 saturated heterocycles. The van der Waals surface area contributed by atoms with Crippen LogP contribution in [0.25, 0.3) is 0 Å². The van der Waals surface area contributed by atoms with Gasteiger partial charge < -0.3 is 0 Å². The summed E-state index contributed by atoms with van der Waals surface area (Å²) in [6.45, 7) is 13.8. The molecule has 0 N–H and O–H groups in total. The molecular weight excluding hydrogens is 393 g/mol. The third kappa shape index (κ3) is 4.70. The molecule has 1 aromatic carbocycles. The Kier molecular flexibility index (Phi) is 8.40. The van der Waals surface area contributed by atoms with Crippen molar-refractivity contribution in [2.24, 2.45) is 0 Å². The van der Waals surface area contributed by atoms with E-state index in [1.165, 1.54) is 31.5 Å². The first kappa shape index (κ1) is 20.0. The molecule has 0 aliphatic carbocycles.